The van der Waals surface area contributed by atoms with E-state index in [0.717, 1.165) is 17.6 Å². The second-order valence-corrected chi connectivity index (χ2v) is 10.1. The lowest BCUT2D eigenvalue weighted by Crippen LogP contribution is -3.00. The molecular formula is C9H23ClN2O6P2. The van der Waals surface area contributed by atoms with Crippen LogP contribution in [-0.4, -0.2) is 56.3 Å². The summed E-state index contributed by atoms with van der Waals surface area (Å²) >= 11 is 0. The smallest absolute Gasteiger partial charge is 0.357 e. The lowest BCUT2D eigenvalue weighted by atomic mass is 9.92. The lowest BCUT2D eigenvalue weighted by Gasteiger charge is -2.40. The summed E-state index contributed by atoms with van der Waals surface area (Å²) in [5.74, 6) is -0.184. The summed E-state index contributed by atoms with van der Waals surface area (Å²) in [6, 6.07) is 0. The first-order chi connectivity index (χ1) is 8.29. The van der Waals surface area contributed by atoms with Crippen LogP contribution in [0.3, 0.4) is 0 Å². The quantitative estimate of drug-likeness (QED) is 0.265. The molecule has 0 unspecified atom stereocenters. The lowest BCUT2D eigenvalue weighted by molar-refractivity contribution is -0.896. The van der Waals surface area contributed by atoms with Crippen molar-refractivity contribution in [1.29, 1.82) is 0 Å². The minimum absolute atomic E-state index is 0. The molecule has 0 aliphatic carbocycles. The minimum atomic E-state index is -5.10. The Morgan fingerprint density at radius 3 is 1.75 bits per heavy atom. The van der Waals surface area contributed by atoms with Crippen LogP contribution in [0.5, 0.6) is 0 Å². The molecule has 1 heterocycles. The fourth-order valence-corrected chi connectivity index (χ4v) is 4.71. The van der Waals surface area contributed by atoms with Gasteiger partial charge in [0, 0.05) is 0 Å². The van der Waals surface area contributed by atoms with Gasteiger partial charge in [0.15, 0.2) is 0 Å². The molecule has 1 rings (SSSR count). The zero-order valence-corrected chi connectivity index (χ0v) is 14.1. The van der Waals surface area contributed by atoms with Crippen LogP contribution in [-0.2, 0) is 9.13 Å². The summed E-state index contributed by atoms with van der Waals surface area (Å²) in [5.41, 5.74) is 5.42. The van der Waals surface area contributed by atoms with Gasteiger partial charge in [-0.1, -0.05) is 0 Å². The van der Waals surface area contributed by atoms with Crippen LogP contribution in [0.2, 0.25) is 0 Å². The highest BCUT2D eigenvalue weighted by molar-refractivity contribution is 7.72. The van der Waals surface area contributed by atoms with Gasteiger partial charge < -0.3 is 42.2 Å². The first kappa shape index (κ1) is 20.5. The summed E-state index contributed by atoms with van der Waals surface area (Å²) < 4.78 is 23.5. The largest absolute Gasteiger partial charge is 1.00 e. The first-order valence-corrected chi connectivity index (χ1v) is 9.23. The molecular weight excluding hydrogens is 330 g/mol. The normalized spacial score (nSPS) is 21.4. The Morgan fingerprint density at radius 1 is 1.10 bits per heavy atom. The van der Waals surface area contributed by atoms with E-state index in [4.69, 9.17) is 5.73 Å². The summed E-state index contributed by atoms with van der Waals surface area (Å²) in [6.45, 7) is 1.59. The van der Waals surface area contributed by atoms with Crippen LogP contribution in [0, 0.1) is 5.92 Å². The van der Waals surface area contributed by atoms with E-state index in [1.165, 1.54) is 0 Å². The van der Waals surface area contributed by atoms with Crippen LogP contribution in [0.4, 0.5) is 0 Å². The van der Waals surface area contributed by atoms with Gasteiger partial charge in [-0.05, 0) is 25.2 Å². The van der Waals surface area contributed by atoms with Gasteiger partial charge in [0.1, 0.15) is 0 Å². The molecule has 1 saturated heterocycles. The molecule has 0 spiro atoms. The van der Waals surface area contributed by atoms with Gasteiger partial charge in [0.2, 0.25) is 5.02 Å². The van der Waals surface area contributed by atoms with Gasteiger partial charge >= 0.3 is 15.2 Å². The molecule has 122 valence electrons. The number of hydrogen-bond acceptors (Lipinski definition) is 3. The predicted octanol–water partition coefficient (Wildman–Crippen LogP) is -3.17. The Balaban J connectivity index is 0.00000361. The van der Waals surface area contributed by atoms with Crippen molar-refractivity contribution in [3.63, 3.8) is 0 Å². The average Bonchev–Trinajstić information content (AvgIpc) is 2.17. The maximum Gasteiger partial charge on any atom is 0.357 e. The number of quaternary nitrogens is 1. The van der Waals surface area contributed by atoms with E-state index < -0.39 is 20.2 Å². The highest BCUT2D eigenvalue weighted by atomic mass is 35.5. The molecule has 6 N–H and O–H groups in total. The van der Waals surface area contributed by atoms with Crippen molar-refractivity contribution in [3.8, 4) is 0 Å². The summed E-state index contributed by atoms with van der Waals surface area (Å²) in [5, 5.41) is -2.76. The number of halogens is 1. The van der Waals surface area contributed by atoms with Gasteiger partial charge in [0.25, 0.3) is 0 Å². The van der Waals surface area contributed by atoms with Crippen molar-refractivity contribution < 1.29 is 45.6 Å². The molecule has 1 aliphatic heterocycles. The van der Waals surface area contributed by atoms with Crippen LogP contribution in [0.25, 0.3) is 0 Å². The Bertz CT molecular complexity index is 402. The molecule has 0 aromatic rings. The van der Waals surface area contributed by atoms with Crippen molar-refractivity contribution in [2.24, 2.45) is 11.7 Å². The summed E-state index contributed by atoms with van der Waals surface area (Å²) in [7, 11) is -6.12. The average molecular weight is 353 g/mol. The van der Waals surface area contributed by atoms with E-state index in [1.807, 2.05) is 14.1 Å². The molecule has 0 aromatic carbocycles. The molecule has 20 heavy (non-hydrogen) atoms. The molecule has 0 bridgehead atoms. The standard InChI is InChI=1S/C9H22N2O6P2.ClH/c1-11(2)5-3-8(4-6-11)7-9(10,18(12,13)14)19(15,16)17;/h8H,3-7,10H2,1-2H3,(H3-,12,13,14,15,16,17);1H. The van der Waals surface area contributed by atoms with Crippen LogP contribution >= 0.6 is 15.2 Å². The van der Waals surface area contributed by atoms with Crippen molar-refractivity contribution >= 4 is 15.2 Å². The number of rotatable bonds is 4. The maximum absolute atomic E-state index is 11.4. The second-order valence-electron chi connectivity index (χ2n) is 6.00. The van der Waals surface area contributed by atoms with Gasteiger partial charge in [-0.25, -0.2) is 0 Å². The molecule has 8 nitrogen and oxygen atoms in total. The van der Waals surface area contributed by atoms with Crippen LogP contribution < -0.4 is 18.1 Å². The molecule has 11 heteroatoms. The molecule has 0 saturated carbocycles. The minimum Gasteiger partial charge on any atom is -1.00 e. The first-order valence-electron chi connectivity index (χ1n) is 6.01. The molecule has 0 amide bonds. The summed E-state index contributed by atoms with van der Waals surface area (Å²) in [4.78, 5) is 36.8. The third-order valence-electron chi connectivity index (χ3n) is 3.88. The van der Waals surface area contributed by atoms with Crippen LogP contribution in [0.1, 0.15) is 19.3 Å². The fraction of sp³-hybridized carbons (Fsp3) is 1.00. The molecule has 0 atom stereocenters. The highest BCUT2D eigenvalue weighted by Crippen LogP contribution is 2.68. The zero-order valence-electron chi connectivity index (χ0n) is 11.5. The summed E-state index contributed by atoms with van der Waals surface area (Å²) in [6.07, 6.45) is 0.930. The highest BCUT2D eigenvalue weighted by Gasteiger charge is 2.58. The number of hydrogen-bond donors (Lipinski definition) is 5. The maximum atomic E-state index is 11.4. The van der Waals surface area contributed by atoms with E-state index in [2.05, 4.69) is 0 Å². The van der Waals surface area contributed by atoms with Gasteiger partial charge in [-0.15, -0.1) is 0 Å². The van der Waals surface area contributed by atoms with Gasteiger partial charge in [0.05, 0.1) is 27.2 Å². The third-order valence-corrected chi connectivity index (χ3v) is 7.83. The predicted molar refractivity (Wildman–Crippen MR) is 70.2 cm³/mol. The Kier molecular flexibility index (Phi) is 6.49. The Morgan fingerprint density at radius 2 is 1.45 bits per heavy atom. The molecule has 0 aromatic heterocycles. The van der Waals surface area contributed by atoms with E-state index in [9.17, 15) is 28.7 Å². The van der Waals surface area contributed by atoms with E-state index in [0.29, 0.717) is 12.8 Å². The van der Waals surface area contributed by atoms with Crippen LogP contribution in [0.15, 0.2) is 0 Å². The monoisotopic (exact) mass is 352 g/mol. The van der Waals surface area contributed by atoms with E-state index >= 15 is 0 Å². The number of nitrogens with zero attached hydrogens (tertiary/aromatic N) is 1. The van der Waals surface area contributed by atoms with Crippen molar-refractivity contribution in [1.82, 2.24) is 0 Å². The fourth-order valence-electron chi connectivity index (χ4n) is 2.36. The molecule has 1 fully saturated rings. The van der Waals surface area contributed by atoms with Crippen molar-refractivity contribution in [3.05, 3.63) is 0 Å². The van der Waals surface area contributed by atoms with Crippen molar-refractivity contribution in [2.45, 2.75) is 24.3 Å². The van der Waals surface area contributed by atoms with E-state index in [-0.39, 0.29) is 24.7 Å². The van der Waals surface area contributed by atoms with Gasteiger partial charge in [-0.3, -0.25) is 9.13 Å². The number of likely N-dealkylation sites (tertiary alicyclic amines) is 1. The third kappa shape index (κ3) is 4.50. The zero-order chi connectivity index (χ0) is 15.1. The topological polar surface area (TPSA) is 141 Å². The van der Waals surface area contributed by atoms with Crippen molar-refractivity contribution in [2.75, 3.05) is 27.2 Å². The Hall–Kier alpha value is 0.510. The van der Waals surface area contributed by atoms with E-state index in [1.54, 1.807) is 0 Å². The molecule has 1 aliphatic rings. The number of nitrogens with two attached hydrogens (primary N) is 1. The number of piperidine rings is 1. The Labute approximate surface area is 124 Å². The van der Waals surface area contributed by atoms with Gasteiger partial charge in [-0.2, -0.15) is 0 Å². The second kappa shape index (κ2) is 6.32. The molecule has 0 radical (unpaired) electrons. The SMILES string of the molecule is C[N+]1(C)CCC(CC(N)(P(=O)(O)O)P(=O)(O)O)CC1.[Cl-].